The first-order chi connectivity index (χ1) is 7.92. The molecule has 1 saturated heterocycles. The van der Waals surface area contributed by atoms with E-state index in [0.29, 0.717) is 0 Å². The number of carbonyl (C=O) groups excluding carboxylic acids is 1. The molecular weight excluding hydrogens is 250 g/mol. The Labute approximate surface area is 115 Å². The Morgan fingerprint density at radius 3 is 2.67 bits per heavy atom. The predicted molar refractivity (Wildman–Crippen MR) is 74.9 cm³/mol. The van der Waals surface area contributed by atoms with Crippen LogP contribution >= 0.6 is 12.4 Å². The highest BCUT2D eigenvalue weighted by molar-refractivity contribution is 5.92. The molecule has 1 aromatic heterocycles. The summed E-state index contributed by atoms with van der Waals surface area (Å²) < 4.78 is 1.86. The van der Waals surface area contributed by atoms with E-state index in [4.69, 9.17) is 5.73 Å². The molecule has 102 valence electrons. The molecule has 0 spiro atoms. The molecule has 1 fully saturated rings. The third-order valence-corrected chi connectivity index (χ3v) is 3.76. The van der Waals surface area contributed by atoms with Gasteiger partial charge in [0.05, 0.1) is 0 Å². The molecule has 0 aromatic carbocycles. The van der Waals surface area contributed by atoms with E-state index in [0.717, 1.165) is 25.2 Å². The monoisotopic (exact) mass is 271 g/mol. The molecule has 0 saturated carbocycles. The predicted octanol–water partition coefficient (Wildman–Crippen LogP) is 1.65. The standard InChI is InChI=1S/C13H21N3O.ClH/c1-13(2)9-16(8-6-11(13)14)12(17)10-5-4-7-15(10)3;/h4-5,7,11H,6,8-9,14H2,1-3H3;1H. The van der Waals surface area contributed by atoms with Gasteiger partial charge >= 0.3 is 0 Å². The lowest BCUT2D eigenvalue weighted by atomic mass is 9.79. The van der Waals surface area contributed by atoms with E-state index in [-0.39, 0.29) is 29.8 Å². The first-order valence-electron chi connectivity index (χ1n) is 6.08. The van der Waals surface area contributed by atoms with Gasteiger partial charge in [0, 0.05) is 32.4 Å². The summed E-state index contributed by atoms with van der Waals surface area (Å²) in [6, 6.07) is 3.94. The van der Waals surface area contributed by atoms with Gasteiger partial charge < -0.3 is 15.2 Å². The lowest BCUT2D eigenvalue weighted by Crippen LogP contribution is -2.54. The van der Waals surface area contributed by atoms with Gasteiger partial charge in [-0.1, -0.05) is 13.8 Å². The number of nitrogens with zero attached hydrogens (tertiary/aromatic N) is 2. The number of carbonyl (C=O) groups is 1. The Balaban J connectivity index is 0.00000162. The van der Waals surface area contributed by atoms with Gasteiger partial charge in [-0.25, -0.2) is 0 Å². The Bertz CT molecular complexity index is 428. The molecule has 4 nitrogen and oxygen atoms in total. The molecule has 2 heterocycles. The topological polar surface area (TPSA) is 51.3 Å². The van der Waals surface area contributed by atoms with Crippen LogP contribution in [0.1, 0.15) is 30.8 Å². The second kappa shape index (κ2) is 5.33. The van der Waals surface area contributed by atoms with E-state index < -0.39 is 0 Å². The van der Waals surface area contributed by atoms with E-state index in [9.17, 15) is 4.79 Å². The zero-order valence-electron chi connectivity index (χ0n) is 11.2. The van der Waals surface area contributed by atoms with Crippen molar-refractivity contribution in [3.05, 3.63) is 24.0 Å². The second-order valence-electron chi connectivity index (χ2n) is 5.61. The number of aryl methyl sites for hydroxylation is 1. The molecular formula is C13H22ClN3O. The molecule has 1 unspecified atom stereocenters. The summed E-state index contributed by atoms with van der Waals surface area (Å²) in [6.45, 7) is 5.75. The number of hydrogen-bond donors (Lipinski definition) is 1. The number of aromatic nitrogens is 1. The number of likely N-dealkylation sites (tertiary alicyclic amines) is 1. The van der Waals surface area contributed by atoms with Crippen LogP contribution in [-0.4, -0.2) is 34.5 Å². The summed E-state index contributed by atoms with van der Waals surface area (Å²) in [7, 11) is 1.90. The largest absolute Gasteiger partial charge is 0.347 e. The third-order valence-electron chi connectivity index (χ3n) is 3.76. The van der Waals surface area contributed by atoms with Crippen LogP contribution in [0.5, 0.6) is 0 Å². The molecule has 1 aliphatic rings. The first-order valence-corrected chi connectivity index (χ1v) is 6.08. The van der Waals surface area contributed by atoms with Crippen molar-refractivity contribution in [1.29, 1.82) is 0 Å². The number of amides is 1. The molecule has 0 bridgehead atoms. The molecule has 0 aliphatic carbocycles. The number of hydrogen-bond acceptors (Lipinski definition) is 2. The summed E-state index contributed by atoms with van der Waals surface area (Å²) in [5, 5.41) is 0. The minimum Gasteiger partial charge on any atom is -0.347 e. The maximum atomic E-state index is 12.3. The lowest BCUT2D eigenvalue weighted by molar-refractivity contribution is 0.0524. The van der Waals surface area contributed by atoms with Crippen LogP contribution in [0.25, 0.3) is 0 Å². The maximum Gasteiger partial charge on any atom is 0.270 e. The van der Waals surface area contributed by atoms with Crippen molar-refractivity contribution in [1.82, 2.24) is 9.47 Å². The van der Waals surface area contributed by atoms with E-state index in [2.05, 4.69) is 13.8 Å². The second-order valence-corrected chi connectivity index (χ2v) is 5.61. The zero-order chi connectivity index (χ0) is 12.6. The minimum absolute atomic E-state index is 0. The number of nitrogens with two attached hydrogens (primary N) is 1. The SMILES string of the molecule is Cl.Cn1cccc1C(=O)N1CCC(N)C(C)(C)C1. The smallest absolute Gasteiger partial charge is 0.270 e. The summed E-state index contributed by atoms with van der Waals surface area (Å²) in [4.78, 5) is 14.3. The molecule has 2 rings (SSSR count). The zero-order valence-corrected chi connectivity index (χ0v) is 12.0. The molecule has 18 heavy (non-hydrogen) atoms. The number of halogens is 1. The third kappa shape index (κ3) is 2.70. The van der Waals surface area contributed by atoms with Crippen LogP contribution in [0.15, 0.2) is 18.3 Å². The van der Waals surface area contributed by atoms with Gasteiger partial charge in [-0.05, 0) is 24.0 Å². The highest BCUT2D eigenvalue weighted by atomic mass is 35.5. The van der Waals surface area contributed by atoms with Crippen LogP contribution in [0, 0.1) is 5.41 Å². The fourth-order valence-corrected chi connectivity index (χ4v) is 2.39. The van der Waals surface area contributed by atoms with Gasteiger partial charge in [0.1, 0.15) is 5.69 Å². The summed E-state index contributed by atoms with van der Waals surface area (Å²) in [5.41, 5.74) is 6.83. The molecule has 1 atom stereocenters. The molecule has 5 heteroatoms. The Kier molecular flexibility index (Phi) is 4.46. The highest BCUT2D eigenvalue weighted by Gasteiger charge is 2.35. The quantitative estimate of drug-likeness (QED) is 0.844. The van der Waals surface area contributed by atoms with Crippen LogP contribution in [-0.2, 0) is 7.05 Å². The number of piperidine rings is 1. The van der Waals surface area contributed by atoms with Gasteiger partial charge in [0.15, 0.2) is 0 Å². The van der Waals surface area contributed by atoms with E-state index >= 15 is 0 Å². The van der Waals surface area contributed by atoms with Gasteiger partial charge in [-0.2, -0.15) is 0 Å². The van der Waals surface area contributed by atoms with Crippen LogP contribution < -0.4 is 5.73 Å². The minimum atomic E-state index is -0.000918. The molecule has 1 aliphatic heterocycles. The van der Waals surface area contributed by atoms with E-state index in [1.165, 1.54) is 0 Å². The average Bonchev–Trinajstić information content (AvgIpc) is 2.67. The van der Waals surface area contributed by atoms with E-state index in [1.807, 2.05) is 34.8 Å². The van der Waals surface area contributed by atoms with Gasteiger partial charge in [-0.15, -0.1) is 12.4 Å². The van der Waals surface area contributed by atoms with Gasteiger partial charge in [0.2, 0.25) is 0 Å². The summed E-state index contributed by atoms with van der Waals surface area (Å²) in [6.07, 6.45) is 2.78. The van der Waals surface area contributed by atoms with Gasteiger partial charge in [0.25, 0.3) is 5.91 Å². The van der Waals surface area contributed by atoms with E-state index in [1.54, 1.807) is 0 Å². The highest BCUT2D eigenvalue weighted by Crippen LogP contribution is 2.28. The molecule has 0 radical (unpaired) electrons. The van der Waals surface area contributed by atoms with Crippen molar-refractivity contribution in [2.75, 3.05) is 13.1 Å². The number of rotatable bonds is 1. The molecule has 2 N–H and O–H groups in total. The van der Waals surface area contributed by atoms with Crippen molar-refractivity contribution < 1.29 is 4.79 Å². The first kappa shape index (κ1) is 15.1. The van der Waals surface area contributed by atoms with Crippen molar-refractivity contribution in [3.8, 4) is 0 Å². The fourth-order valence-electron chi connectivity index (χ4n) is 2.39. The van der Waals surface area contributed by atoms with Crippen molar-refractivity contribution in [3.63, 3.8) is 0 Å². The van der Waals surface area contributed by atoms with Gasteiger partial charge in [-0.3, -0.25) is 4.79 Å². The Morgan fingerprint density at radius 1 is 1.50 bits per heavy atom. The normalized spacial score (nSPS) is 22.4. The van der Waals surface area contributed by atoms with Crippen molar-refractivity contribution in [2.24, 2.45) is 18.2 Å². The van der Waals surface area contributed by atoms with Crippen molar-refractivity contribution >= 4 is 18.3 Å². The fraction of sp³-hybridized carbons (Fsp3) is 0.615. The Hall–Kier alpha value is -1.00. The van der Waals surface area contributed by atoms with Crippen LogP contribution in [0.3, 0.4) is 0 Å². The average molecular weight is 272 g/mol. The maximum absolute atomic E-state index is 12.3. The van der Waals surface area contributed by atoms with Crippen molar-refractivity contribution in [2.45, 2.75) is 26.3 Å². The summed E-state index contributed by atoms with van der Waals surface area (Å²) in [5.74, 6) is 0.109. The Morgan fingerprint density at radius 2 is 2.17 bits per heavy atom. The van der Waals surface area contributed by atoms with Crippen LogP contribution in [0.2, 0.25) is 0 Å². The van der Waals surface area contributed by atoms with Crippen LogP contribution in [0.4, 0.5) is 0 Å². The summed E-state index contributed by atoms with van der Waals surface area (Å²) >= 11 is 0. The lowest BCUT2D eigenvalue weighted by Gasteiger charge is -2.42. The molecule has 1 aromatic rings. The molecule has 1 amide bonds.